The van der Waals surface area contributed by atoms with Crippen LogP contribution in [0.1, 0.15) is 38.9 Å². The molecule has 0 saturated heterocycles. The number of nitrogens with zero attached hydrogens (tertiary/aromatic N) is 4. The molecule has 0 spiro atoms. The average molecular weight is 535 g/mol. The second kappa shape index (κ2) is 9.60. The van der Waals surface area contributed by atoms with Crippen LogP contribution in [-0.4, -0.2) is 47.5 Å². The summed E-state index contributed by atoms with van der Waals surface area (Å²) in [4.78, 5) is 40.2. The molecule has 1 aliphatic heterocycles. The zero-order valence-electron chi connectivity index (χ0n) is 21.1. The molecule has 37 heavy (non-hydrogen) atoms. The molecule has 0 saturated carbocycles. The summed E-state index contributed by atoms with van der Waals surface area (Å²) in [6.07, 6.45) is 0. The van der Waals surface area contributed by atoms with E-state index < -0.39 is 23.5 Å². The van der Waals surface area contributed by atoms with Gasteiger partial charge in [-0.15, -0.1) is 11.3 Å². The zero-order chi connectivity index (χ0) is 26.4. The van der Waals surface area contributed by atoms with Crippen molar-refractivity contribution in [2.75, 3.05) is 30.5 Å². The molecule has 3 heterocycles. The van der Waals surface area contributed by atoms with E-state index in [1.807, 2.05) is 75.3 Å². The minimum absolute atomic E-state index is 0.0311. The van der Waals surface area contributed by atoms with Crippen molar-refractivity contribution in [3.05, 3.63) is 74.9 Å². The van der Waals surface area contributed by atoms with Gasteiger partial charge in [0.05, 0.1) is 44.0 Å². The Bertz CT molecular complexity index is 1550. The summed E-state index contributed by atoms with van der Waals surface area (Å²) in [5.74, 6) is -0.918. The molecule has 1 atom stereocenters. The van der Waals surface area contributed by atoms with Gasteiger partial charge < -0.3 is 14.7 Å². The number of benzene rings is 2. The van der Waals surface area contributed by atoms with Crippen LogP contribution in [0, 0.1) is 13.8 Å². The highest BCUT2D eigenvalue weighted by Crippen LogP contribution is 2.45. The number of hydrogen-bond donors (Lipinski definition) is 1. The van der Waals surface area contributed by atoms with E-state index in [9.17, 15) is 14.7 Å². The summed E-state index contributed by atoms with van der Waals surface area (Å²) in [6.45, 7) is 6.03. The normalized spacial score (nSPS) is 15.6. The maximum Gasteiger partial charge on any atom is 0.296 e. The SMILES string of the molecule is CCOc1ccc2nc(N3C(=O)C(O)=C(C(=O)c4sc(C)nc4C)C3c3ccc(N(C)C)cc3)sc2c1. The zero-order valence-corrected chi connectivity index (χ0v) is 22.7. The standard InChI is InChI=1S/C27H26N4O4S2/c1-6-35-18-11-12-19-20(13-18)37-27(29-19)31-22(16-7-9-17(10-8-16)30(4)5)21(24(33)26(31)34)23(32)25-14(2)28-15(3)36-25/h7-13,22,33H,6H2,1-5H3. The molecule has 1 aliphatic rings. The van der Waals surface area contributed by atoms with Crippen molar-refractivity contribution < 1.29 is 19.4 Å². The molecule has 190 valence electrons. The van der Waals surface area contributed by atoms with Crippen LogP contribution in [0.4, 0.5) is 10.8 Å². The molecule has 1 unspecified atom stereocenters. The minimum Gasteiger partial charge on any atom is -0.503 e. The number of amides is 1. The predicted octanol–water partition coefficient (Wildman–Crippen LogP) is 5.62. The second-order valence-electron chi connectivity index (χ2n) is 8.86. The molecule has 2 aromatic heterocycles. The van der Waals surface area contributed by atoms with Crippen molar-refractivity contribution >= 4 is 55.4 Å². The van der Waals surface area contributed by atoms with Crippen molar-refractivity contribution in [1.82, 2.24) is 9.97 Å². The number of anilines is 2. The highest BCUT2D eigenvalue weighted by molar-refractivity contribution is 7.22. The number of aromatic nitrogens is 2. The van der Waals surface area contributed by atoms with Crippen LogP contribution in [-0.2, 0) is 4.79 Å². The Morgan fingerprint density at radius 1 is 1.11 bits per heavy atom. The summed E-state index contributed by atoms with van der Waals surface area (Å²) >= 11 is 2.56. The Labute approximate surface area is 222 Å². The van der Waals surface area contributed by atoms with Gasteiger partial charge in [-0.1, -0.05) is 23.5 Å². The van der Waals surface area contributed by atoms with Crippen molar-refractivity contribution in [2.45, 2.75) is 26.8 Å². The Morgan fingerprint density at radius 2 is 1.84 bits per heavy atom. The van der Waals surface area contributed by atoms with Gasteiger partial charge in [0, 0.05) is 19.8 Å². The second-order valence-corrected chi connectivity index (χ2v) is 11.1. The Kier molecular flexibility index (Phi) is 6.47. The lowest BCUT2D eigenvalue weighted by Crippen LogP contribution is -2.31. The van der Waals surface area contributed by atoms with Gasteiger partial charge in [0.2, 0.25) is 5.78 Å². The molecule has 2 aromatic carbocycles. The third kappa shape index (κ3) is 4.36. The fraction of sp³-hybridized carbons (Fsp3) is 0.259. The molecule has 0 fully saturated rings. The summed E-state index contributed by atoms with van der Waals surface area (Å²) < 4.78 is 6.45. The molecular weight excluding hydrogens is 508 g/mol. The van der Waals surface area contributed by atoms with Crippen LogP contribution < -0.4 is 14.5 Å². The van der Waals surface area contributed by atoms with Gasteiger partial charge in [0.15, 0.2) is 10.9 Å². The number of ether oxygens (including phenoxy) is 1. The van der Waals surface area contributed by atoms with Crippen LogP contribution in [0.25, 0.3) is 10.2 Å². The van der Waals surface area contributed by atoms with E-state index in [-0.39, 0.29) is 5.57 Å². The molecule has 0 aliphatic carbocycles. The summed E-state index contributed by atoms with van der Waals surface area (Å²) in [7, 11) is 3.88. The number of carbonyl (C=O) groups is 2. The molecule has 1 amide bonds. The minimum atomic E-state index is -0.843. The molecule has 1 N–H and O–H groups in total. The van der Waals surface area contributed by atoms with E-state index in [0.717, 1.165) is 15.4 Å². The number of carbonyl (C=O) groups excluding carboxylic acids is 2. The number of aliphatic hydroxyl groups is 1. The smallest absolute Gasteiger partial charge is 0.296 e. The van der Waals surface area contributed by atoms with E-state index in [1.54, 1.807) is 6.92 Å². The van der Waals surface area contributed by atoms with Crippen LogP contribution in [0.5, 0.6) is 5.75 Å². The highest BCUT2D eigenvalue weighted by Gasteiger charge is 2.46. The Hall–Kier alpha value is -3.76. The quantitative estimate of drug-likeness (QED) is 0.308. The number of thiazole rings is 2. The molecule has 5 rings (SSSR count). The molecule has 0 bridgehead atoms. The van der Waals surface area contributed by atoms with Gasteiger partial charge >= 0.3 is 0 Å². The average Bonchev–Trinajstić information content (AvgIpc) is 3.51. The Balaban J connectivity index is 1.65. The molecule has 10 heteroatoms. The van der Waals surface area contributed by atoms with Crippen molar-refractivity contribution in [3.63, 3.8) is 0 Å². The van der Waals surface area contributed by atoms with Crippen LogP contribution >= 0.6 is 22.7 Å². The van der Waals surface area contributed by atoms with Crippen molar-refractivity contribution in [3.8, 4) is 5.75 Å². The number of aliphatic hydroxyl groups excluding tert-OH is 1. The molecule has 8 nitrogen and oxygen atoms in total. The number of hydrogen-bond acceptors (Lipinski definition) is 9. The first kappa shape index (κ1) is 24.9. The maximum absolute atomic E-state index is 13.8. The summed E-state index contributed by atoms with van der Waals surface area (Å²) in [5.41, 5.74) is 2.97. The highest BCUT2D eigenvalue weighted by atomic mass is 32.1. The lowest BCUT2D eigenvalue weighted by Gasteiger charge is -2.25. The summed E-state index contributed by atoms with van der Waals surface area (Å²) in [6, 6.07) is 12.3. The first-order chi connectivity index (χ1) is 17.7. The van der Waals surface area contributed by atoms with E-state index in [0.29, 0.717) is 39.1 Å². The number of fused-ring (bicyclic) bond motifs is 1. The number of rotatable bonds is 7. The van der Waals surface area contributed by atoms with E-state index in [4.69, 9.17) is 9.72 Å². The van der Waals surface area contributed by atoms with Crippen molar-refractivity contribution in [1.29, 1.82) is 0 Å². The third-order valence-electron chi connectivity index (χ3n) is 6.15. The Morgan fingerprint density at radius 3 is 2.46 bits per heavy atom. The predicted molar refractivity (Wildman–Crippen MR) is 147 cm³/mol. The van der Waals surface area contributed by atoms with Crippen LogP contribution in [0.3, 0.4) is 0 Å². The fourth-order valence-electron chi connectivity index (χ4n) is 4.42. The maximum atomic E-state index is 13.8. The molecule has 4 aromatic rings. The molecular formula is C27H26N4O4S2. The van der Waals surface area contributed by atoms with E-state index in [2.05, 4.69) is 4.98 Å². The van der Waals surface area contributed by atoms with Crippen LogP contribution in [0.15, 0.2) is 53.8 Å². The first-order valence-corrected chi connectivity index (χ1v) is 13.4. The number of aryl methyl sites for hydroxylation is 2. The van der Waals surface area contributed by atoms with Gasteiger partial charge in [-0.05, 0) is 56.7 Å². The largest absolute Gasteiger partial charge is 0.503 e. The van der Waals surface area contributed by atoms with E-state index in [1.165, 1.54) is 27.6 Å². The van der Waals surface area contributed by atoms with Crippen LogP contribution in [0.2, 0.25) is 0 Å². The van der Waals surface area contributed by atoms with Crippen molar-refractivity contribution in [2.24, 2.45) is 0 Å². The molecule has 0 radical (unpaired) electrons. The lowest BCUT2D eigenvalue weighted by molar-refractivity contribution is -0.117. The topological polar surface area (TPSA) is 95.9 Å². The first-order valence-electron chi connectivity index (χ1n) is 11.8. The van der Waals surface area contributed by atoms with Gasteiger partial charge in [-0.25, -0.2) is 9.97 Å². The monoisotopic (exact) mass is 534 g/mol. The number of ketones is 1. The van der Waals surface area contributed by atoms with Gasteiger partial charge in [-0.2, -0.15) is 0 Å². The lowest BCUT2D eigenvalue weighted by atomic mass is 9.95. The third-order valence-corrected chi connectivity index (χ3v) is 8.24. The number of Topliss-reactive ketones (excluding diaryl/α,β-unsaturated/α-hetero) is 1. The fourth-order valence-corrected chi connectivity index (χ4v) is 6.32. The van der Waals surface area contributed by atoms with Gasteiger partial charge in [-0.3, -0.25) is 14.5 Å². The van der Waals surface area contributed by atoms with E-state index >= 15 is 0 Å². The van der Waals surface area contributed by atoms with Gasteiger partial charge in [0.1, 0.15) is 5.75 Å². The van der Waals surface area contributed by atoms with Gasteiger partial charge in [0.25, 0.3) is 5.91 Å². The summed E-state index contributed by atoms with van der Waals surface area (Å²) in [5, 5.41) is 12.2.